The molecule has 114 valence electrons. The Morgan fingerprint density at radius 1 is 1.57 bits per heavy atom. The third kappa shape index (κ3) is 3.56. The number of ether oxygens (including phenoxy) is 1. The van der Waals surface area contributed by atoms with Crippen LogP contribution >= 0.6 is 15.9 Å². The Hall–Kier alpha value is -1.54. The summed E-state index contributed by atoms with van der Waals surface area (Å²) in [6.07, 6.45) is -0.301. The second-order valence-electron chi connectivity index (χ2n) is 4.85. The number of hydrogen-bond donors (Lipinski definition) is 0. The summed E-state index contributed by atoms with van der Waals surface area (Å²) in [6, 6.07) is 3.04. The quantitative estimate of drug-likeness (QED) is 0.471. The van der Waals surface area contributed by atoms with Gasteiger partial charge in [0.2, 0.25) is 0 Å². The highest BCUT2D eigenvalue weighted by atomic mass is 79.9. The maximum atomic E-state index is 13.9. The molecule has 0 saturated carbocycles. The smallest absolute Gasteiger partial charge is 0.272 e. The fourth-order valence-corrected chi connectivity index (χ4v) is 2.62. The first-order chi connectivity index (χ1) is 9.92. The van der Waals surface area contributed by atoms with E-state index in [-0.39, 0.29) is 23.5 Å². The van der Waals surface area contributed by atoms with Gasteiger partial charge in [-0.2, -0.15) is 0 Å². The van der Waals surface area contributed by atoms with Crippen molar-refractivity contribution in [1.29, 1.82) is 0 Å². The number of nitro groups is 1. The van der Waals surface area contributed by atoms with Crippen LogP contribution < -0.4 is 0 Å². The lowest BCUT2D eigenvalue weighted by atomic mass is 10.1. The number of nitrogens with zero attached hydrogens (tertiary/aromatic N) is 2. The molecule has 0 aromatic heterocycles. The molecule has 1 amide bonds. The Labute approximate surface area is 129 Å². The van der Waals surface area contributed by atoms with E-state index >= 15 is 0 Å². The van der Waals surface area contributed by atoms with Crippen molar-refractivity contribution in [2.45, 2.75) is 19.1 Å². The van der Waals surface area contributed by atoms with Crippen LogP contribution in [0.5, 0.6) is 0 Å². The molecule has 1 heterocycles. The van der Waals surface area contributed by atoms with Crippen molar-refractivity contribution < 1.29 is 18.8 Å². The molecule has 0 N–H and O–H groups in total. The maximum absolute atomic E-state index is 13.9. The molecule has 0 radical (unpaired) electrons. The fraction of sp³-hybridized carbons (Fsp3) is 0.462. The second kappa shape index (κ2) is 6.48. The van der Waals surface area contributed by atoms with Crippen molar-refractivity contribution in [2.75, 3.05) is 18.4 Å². The molecular weight excluding hydrogens is 347 g/mol. The molecule has 1 saturated heterocycles. The third-order valence-corrected chi connectivity index (χ3v) is 3.90. The molecule has 1 fully saturated rings. The van der Waals surface area contributed by atoms with Crippen molar-refractivity contribution in [3.05, 3.63) is 39.7 Å². The Morgan fingerprint density at radius 3 is 2.86 bits per heavy atom. The van der Waals surface area contributed by atoms with E-state index in [1.807, 2.05) is 6.92 Å². The Morgan fingerprint density at radius 2 is 2.29 bits per heavy atom. The van der Waals surface area contributed by atoms with Gasteiger partial charge < -0.3 is 9.64 Å². The lowest BCUT2D eigenvalue weighted by Gasteiger charge is -2.36. The molecule has 2 rings (SSSR count). The fourth-order valence-electron chi connectivity index (χ4n) is 2.26. The molecule has 1 aromatic rings. The zero-order valence-electron chi connectivity index (χ0n) is 11.3. The van der Waals surface area contributed by atoms with Crippen LogP contribution in [-0.4, -0.2) is 46.4 Å². The summed E-state index contributed by atoms with van der Waals surface area (Å²) in [6.45, 7) is 2.55. The van der Waals surface area contributed by atoms with Crippen LogP contribution in [0.4, 0.5) is 10.1 Å². The highest BCUT2D eigenvalue weighted by molar-refractivity contribution is 9.09. The van der Waals surface area contributed by atoms with E-state index in [1.54, 1.807) is 0 Å². The summed E-state index contributed by atoms with van der Waals surface area (Å²) in [7, 11) is 0. The molecule has 8 heteroatoms. The van der Waals surface area contributed by atoms with Gasteiger partial charge in [0.05, 0.1) is 28.8 Å². The van der Waals surface area contributed by atoms with E-state index in [2.05, 4.69) is 15.9 Å². The number of non-ortho nitro benzene ring substituents is 1. The number of amides is 1. The van der Waals surface area contributed by atoms with Gasteiger partial charge in [-0.15, -0.1) is 0 Å². The second-order valence-corrected chi connectivity index (χ2v) is 5.50. The molecule has 6 nitrogen and oxygen atoms in total. The number of carbonyl (C=O) groups excluding carboxylic acids is 1. The number of nitro benzene ring substituents is 1. The van der Waals surface area contributed by atoms with Crippen molar-refractivity contribution >= 4 is 27.5 Å². The first-order valence-corrected chi connectivity index (χ1v) is 7.49. The third-order valence-electron chi connectivity index (χ3n) is 3.18. The normalized spacial score (nSPS) is 22.1. The minimum atomic E-state index is -0.885. The first kappa shape index (κ1) is 15.8. The highest BCUT2D eigenvalue weighted by Gasteiger charge is 2.30. The average Bonchev–Trinajstić information content (AvgIpc) is 2.45. The minimum absolute atomic E-state index is 0.147. The van der Waals surface area contributed by atoms with Gasteiger partial charge in [-0.1, -0.05) is 15.9 Å². The Kier molecular flexibility index (Phi) is 4.89. The Balaban J connectivity index is 2.21. The molecule has 2 unspecified atom stereocenters. The van der Waals surface area contributed by atoms with Crippen LogP contribution in [0.1, 0.15) is 17.3 Å². The monoisotopic (exact) mass is 360 g/mol. The molecular formula is C13H14BrFN2O4. The van der Waals surface area contributed by atoms with Crippen LogP contribution in [0.2, 0.25) is 0 Å². The molecule has 0 spiro atoms. The molecule has 0 aliphatic carbocycles. The molecule has 1 aliphatic rings. The van der Waals surface area contributed by atoms with Crippen molar-refractivity contribution in [3.63, 3.8) is 0 Å². The summed E-state index contributed by atoms with van der Waals surface area (Å²) in [5, 5.41) is 11.2. The van der Waals surface area contributed by atoms with Crippen molar-refractivity contribution in [2.24, 2.45) is 0 Å². The maximum Gasteiger partial charge on any atom is 0.272 e. The van der Waals surface area contributed by atoms with Crippen molar-refractivity contribution in [3.8, 4) is 0 Å². The number of carbonyl (C=O) groups is 1. The summed E-state index contributed by atoms with van der Waals surface area (Å²) in [4.78, 5) is 23.7. The van der Waals surface area contributed by atoms with Crippen LogP contribution in [0.25, 0.3) is 0 Å². The van der Waals surface area contributed by atoms with E-state index in [1.165, 1.54) is 4.90 Å². The zero-order chi connectivity index (χ0) is 15.6. The number of alkyl halides is 1. The first-order valence-electron chi connectivity index (χ1n) is 6.37. The lowest BCUT2D eigenvalue weighted by Crippen LogP contribution is -2.49. The molecule has 2 atom stereocenters. The SMILES string of the molecule is CC1CN(C(=O)c2ccc([N+](=O)[O-])cc2F)CC(CBr)O1. The summed E-state index contributed by atoms with van der Waals surface area (Å²) in [5.74, 6) is -1.37. The molecule has 21 heavy (non-hydrogen) atoms. The molecule has 1 aliphatic heterocycles. The molecule has 0 bridgehead atoms. The van der Waals surface area contributed by atoms with E-state index in [4.69, 9.17) is 4.74 Å². The van der Waals surface area contributed by atoms with Crippen LogP contribution in [0.15, 0.2) is 18.2 Å². The van der Waals surface area contributed by atoms with Gasteiger partial charge in [-0.3, -0.25) is 14.9 Å². The van der Waals surface area contributed by atoms with Crippen molar-refractivity contribution in [1.82, 2.24) is 4.90 Å². The number of hydrogen-bond acceptors (Lipinski definition) is 4. The number of benzene rings is 1. The zero-order valence-corrected chi connectivity index (χ0v) is 12.9. The van der Waals surface area contributed by atoms with E-state index in [0.29, 0.717) is 18.4 Å². The lowest BCUT2D eigenvalue weighted by molar-refractivity contribution is -0.385. The van der Waals surface area contributed by atoms with Crippen LogP contribution in [-0.2, 0) is 4.74 Å². The average molecular weight is 361 g/mol. The number of rotatable bonds is 3. The van der Waals surface area contributed by atoms with Gasteiger partial charge in [0.25, 0.3) is 11.6 Å². The predicted octanol–water partition coefficient (Wildman–Crippen LogP) is 2.36. The van der Waals surface area contributed by atoms with E-state index in [0.717, 1.165) is 18.2 Å². The summed E-state index contributed by atoms with van der Waals surface area (Å²) >= 11 is 3.30. The molecule has 1 aromatic carbocycles. The van der Waals surface area contributed by atoms with Gasteiger partial charge in [0.1, 0.15) is 5.82 Å². The number of morpholine rings is 1. The van der Waals surface area contributed by atoms with Gasteiger partial charge in [0.15, 0.2) is 0 Å². The highest BCUT2D eigenvalue weighted by Crippen LogP contribution is 2.20. The summed E-state index contributed by atoms with van der Waals surface area (Å²) < 4.78 is 19.5. The topological polar surface area (TPSA) is 72.7 Å². The summed E-state index contributed by atoms with van der Waals surface area (Å²) in [5.41, 5.74) is -0.541. The predicted molar refractivity (Wildman–Crippen MR) is 77.1 cm³/mol. The van der Waals surface area contributed by atoms with Gasteiger partial charge >= 0.3 is 0 Å². The Bertz CT molecular complexity index is 569. The van der Waals surface area contributed by atoms with E-state index < -0.39 is 16.6 Å². The minimum Gasteiger partial charge on any atom is -0.371 e. The largest absolute Gasteiger partial charge is 0.371 e. The van der Waals surface area contributed by atoms with Gasteiger partial charge in [0, 0.05) is 24.5 Å². The van der Waals surface area contributed by atoms with Crippen LogP contribution in [0.3, 0.4) is 0 Å². The van der Waals surface area contributed by atoms with Gasteiger partial charge in [-0.05, 0) is 13.0 Å². The number of halogens is 2. The standard InChI is InChI=1S/C13H14BrFN2O4/c1-8-6-16(7-10(5-14)21-8)13(18)11-3-2-9(17(19)20)4-12(11)15/h2-4,8,10H,5-7H2,1H3. The van der Waals surface area contributed by atoms with Crippen LogP contribution in [0, 0.1) is 15.9 Å². The van der Waals surface area contributed by atoms with Gasteiger partial charge in [-0.25, -0.2) is 4.39 Å². The van der Waals surface area contributed by atoms with E-state index in [9.17, 15) is 19.3 Å².